The molecule has 0 atom stereocenters. The molecule has 0 radical (unpaired) electrons. The molecule has 0 aliphatic heterocycles. The molecule has 0 heterocycles. The highest BCUT2D eigenvalue weighted by atomic mass is 19.3. The van der Waals surface area contributed by atoms with Crippen LogP contribution in [-0.2, 0) is 0 Å². The predicted octanol–water partition coefficient (Wildman–Crippen LogP) is 3.15. The first-order valence-corrected chi connectivity index (χ1v) is 6.49. The molecule has 20 heavy (non-hydrogen) atoms. The van der Waals surface area contributed by atoms with Crippen LogP contribution in [0.5, 0.6) is 5.75 Å². The minimum absolute atomic E-state index is 0.0237. The summed E-state index contributed by atoms with van der Waals surface area (Å²) in [5.41, 5.74) is 1.17. The van der Waals surface area contributed by atoms with Gasteiger partial charge in [-0.3, -0.25) is 0 Å². The minimum Gasteiger partial charge on any atom is -0.433 e. The largest absolute Gasteiger partial charge is 0.433 e. The van der Waals surface area contributed by atoms with Crippen molar-refractivity contribution in [3.63, 3.8) is 0 Å². The van der Waals surface area contributed by atoms with Crippen LogP contribution in [0.4, 0.5) is 20.2 Å². The number of hydrogen-bond acceptors (Lipinski definition) is 4. The van der Waals surface area contributed by atoms with Gasteiger partial charge in [0.25, 0.3) is 0 Å². The maximum atomic E-state index is 12.4. The topological polar surface area (TPSA) is 53.5 Å². The number of benzene rings is 1. The van der Waals surface area contributed by atoms with Gasteiger partial charge < -0.3 is 20.5 Å². The van der Waals surface area contributed by atoms with Gasteiger partial charge in [-0.2, -0.15) is 8.78 Å². The second kappa shape index (κ2) is 7.28. The second-order valence-electron chi connectivity index (χ2n) is 5.65. The van der Waals surface area contributed by atoms with Gasteiger partial charge in [-0.05, 0) is 17.5 Å². The molecule has 1 aromatic rings. The Kier molecular flexibility index (Phi) is 6.01. The molecule has 0 aliphatic rings. The van der Waals surface area contributed by atoms with Crippen LogP contribution >= 0.6 is 0 Å². The lowest BCUT2D eigenvalue weighted by molar-refractivity contribution is -0.0493. The van der Waals surface area contributed by atoms with E-state index in [2.05, 4.69) is 15.4 Å². The van der Waals surface area contributed by atoms with Crippen LogP contribution in [0, 0.1) is 5.41 Å². The molecule has 0 amide bonds. The molecule has 0 fully saturated rings. The zero-order valence-corrected chi connectivity index (χ0v) is 12.0. The van der Waals surface area contributed by atoms with Gasteiger partial charge in [0.05, 0.1) is 12.3 Å². The van der Waals surface area contributed by atoms with Crippen molar-refractivity contribution in [1.82, 2.24) is 0 Å². The monoisotopic (exact) mass is 288 g/mol. The van der Waals surface area contributed by atoms with E-state index in [1.54, 1.807) is 12.1 Å². The highest BCUT2D eigenvalue weighted by molar-refractivity contribution is 5.64. The number of ether oxygens (including phenoxy) is 1. The second-order valence-corrected chi connectivity index (χ2v) is 5.65. The van der Waals surface area contributed by atoms with E-state index in [1.807, 2.05) is 20.8 Å². The number of halogens is 2. The number of aliphatic hydroxyl groups excluding tert-OH is 1. The first kappa shape index (κ1) is 16.5. The molecule has 3 N–H and O–H groups in total. The summed E-state index contributed by atoms with van der Waals surface area (Å²) in [5, 5.41) is 14.8. The molecule has 0 saturated heterocycles. The highest BCUT2D eigenvalue weighted by Crippen LogP contribution is 2.30. The Morgan fingerprint density at radius 2 is 1.95 bits per heavy atom. The zero-order chi connectivity index (χ0) is 15.2. The quantitative estimate of drug-likeness (QED) is 0.721. The molecule has 0 aliphatic carbocycles. The van der Waals surface area contributed by atoms with Crippen LogP contribution in [0.25, 0.3) is 0 Å². The van der Waals surface area contributed by atoms with Gasteiger partial charge in [-0.15, -0.1) is 0 Å². The van der Waals surface area contributed by atoms with Gasteiger partial charge in [-0.1, -0.05) is 20.8 Å². The van der Waals surface area contributed by atoms with Crippen molar-refractivity contribution >= 4 is 11.4 Å². The van der Waals surface area contributed by atoms with E-state index < -0.39 is 6.61 Å². The summed E-state index contributed by atoms with van der Waals surface area (Å²) in [7, 11) is 0. The van der Waals surface area contributed by atoms with E-state index in [0.717, 1.165) is 0 Å². The molecule has 0 aromatic heterocycles. The summed E-state index contributed by atoms with van der Waals surface area (Å²) >= 11 is 0. The number of rotatable bonds is 7. The number of hydrogen-bond donors (Lipinski definition) is 3. The van der Waals surface area contributed by atoms with Crippen molar-refractivity contribution in [3.05, 3.63) is 18.2 Å². The Bertz CT molecular complexity index is 420. The van der Waals surface area contributed by atoms with Crippen LogP contribution in [0.3, 0.4) is 0 Å². The Labute approximate surface area is 118 Å². The third-order valence-corrected chi connectivity index (χ3v) is 2.45. The fourth-order valence-corrected chi connectivity index (χ4v) is 1.53. The normalized spacial score (nSPS) is 11.6. The predicted molar refractivity (Wildman–Crippen MR) is 76.6 cm³/mol. The molecule has 0 bridgehead atoms. The van der Waals surface area contributed by atoms with E-state index >= 15 is 0 Å². The van der Waals surface area contributed by atoms with Crippen molar-refractivity contribution in [3.8, 4) is 5.75 Å². The average Bonchev–Trinajstić information content (AvgIpc) is 2.33. The van der Waals surface area contributed by atoms with Crippen molar-refractivity contribution < 1.29 is 18.6 Å². The zero-order valence-electron chi connectivity index (χ0n) is 12.0. The van der Waals surface area contributed by atoms with Crippen molar-refractivity contribution in [1.29, 1.82) is 0 Å². The van der Waals surface area contributed by atoms with Crippen LogP contribution in [0.1, 0.15) is 20.8 Å². The third-order valence-electron chi connectivity index (χ3n) is 2.45. The van der Waals surface area contributed by atoms with E-state index in [9.17, 15) is 8.78 Å². The molecule has 0 saturated carbocycles. The summed E-state index contributed by atoms with van der Waals surface area (Å²) in [6, 6.07) is 4.93. The van der Waals surface area contributed by atoms with Crippen LogP contribution in [0.15, 0.2) is 18.2 Å². The summed E-state index contributed by atoms with van der Waals surface area (Å²) < 4.78 is 29.4. The van der Waals surface area contributed by atoms with E-state index in [0.29, 0.717) is 24.5 Å². The Hall–Kier alpha value is -1.56. The maximum absolute atomic E-state index is 12.4. The lowest BCUT2D eigenvalue weighted by Gasteiger charge is -2.21. The number of aliphatic hydroxyl groups is 1. The standard InChI is InChI=1S/C14H22F2N2O2/c1-14(2,3)9-18-11-5-4-10(17-6-7-19)8-12(11)20-13(15)16/h4-5,8,13,17-19H,6-7,9H2,1-3H3. The molecular weight excluding hydrogens is 266 g/mol. The SMILES string of the molecule is CC(C)(C)CNc1ccc(NCCO)cc1OC(F)F. The molecule has 1 aromatic carbocycles. The summed E-state index contributed by atoms with van der Waals surface area (Å²) in [6.45, 7) is 4.22. The molecule has 114 valence electrons. The maximum Gasteiger partial charge on any atom is 0.387 e. The average molecular weight is 288 g/mol. The van der Waals surface area contributed by atoms with Gasteiger partial charge in [0, 0.05) is 24.8 Å². The van der Waals surface area contributed by atoms with Gasteiger partial charge >= 0.3 is 6.61 Å². The lowest BCUT2D eigenvalue weighted by Crippen LogP contribution is -2.19. The first-order chi connectivity index (χ1) is 9.31. The van der Waals surface area contributed by atoms with Crippen LogP contribution < -0.4 is 15.4 Å². The Morgan fingerprint density at radius 3 is 2.50 bits per heavy atom. The van der Waals surface area contributed by atoms with E-state index in [4.69, 9.17) is 5.11 Å². The molecule has 1 rings (SSSR count). The number of nitrogens with one attached hydrogen (secondary N) is 2. The minimum atomic E-state index is -2.88. The summed E-state index contributed by atoms with van der Waals surface area (Å²) in [5.74, 6) is 0.0900. The van der Waals surface area contributed by atoms with E-state index in [1.165, 1.54) is 6.07 Å². The van der Waals surface area contributed by atoms with Crippen molar-refractivity contribution in [2.24, 2.45) is 5.41 Å². The number of alkyl halides is 2. The fourth-order valence-electron chi connectivity index (χ4n) is 1.53. The Balaban J connectivity index is 2.85. The summed E-state index contributed by atoms with van der Waals surface area (Å²) in [4.78, 5) is 0. The van der Waals surface area contributed by atoms with Gasteiger partial charge in [0.1, 0.15) is 0 Å². The third kappa shape index (κ3) is 6.06. The van der Waals surface area contributed by atoms with Crippen LogP contribution in [-0.4, -0.2) is 31.4 Å². The van der Waals surface area contributed by atoms with Gasteiger partial charge in [0.2, 0.25) is 0 Å². The van der Waals surface area contributed by atoms with E-state index in [-0.39, 0.29) is 17.8 Å². The van der Waals surface area contributed by atoms with Gasteiger partial charge in [0.15, 0.2) is 5.75 Å². The fraction of sp³-hybridized carbons (Fsp3) is 0.571. The molecular formula is C14H22F2N2O2. The van der Waals surface area contributed by atoms with Crippen LogP contribution in [0.2, 0.25) is 0 Å². The Morgan fingerprint density at radius 1 is 1.25 bits per heavy atom. The van der Waals surface area contributed by atoms with Crippen molar-refractivity contribution in [2.75, 3.05) is 30.3 Å². The molecule has 0 unspecified atom stereocenters. The molecule has 6 heteroatoms. The molecule has 4 nitrogen and oxygen atoms in total. The smallest absolute Gasteiger partial charge is 0.387 e. The first-order valence-electron chi connectivity index (χ1n) is 6.49. The molecule has 0 spiro atoms. The van der Waals surface area contributed by atoms with Crippen molar-refractivity contribution in [2.45, 2.75) is 27.4 Å². The highest BCUT2D eigenvalue weighted by Gasteiger charge is 2.14. The lowest BCUT2D eigenvalue weighted by atomic mass is 9.97. The van der Waals surface area contributed by atoms with Gasteiger partial charge in [-0.25, -0.2) is 0 Å². The summed E-state index contributed by atoms with van der Waals surface area (Å²) in [6.07, 6.45) is 0. The number of anilines is 2.